The molecule has 4 nitrogen and oxygen atoms in total. The number of alkyl halides is 1. The maximum absolute atomic E-state index is 11.6. The number of carbonyl (C=O) groups excluding carboxylic acids is 2. The van der Waals surface area contributed by atoms with Crippen LogP contribution in [-0.2, 0) is 9.53 Å². The van der Waals surface area contributed by atoms with Gasteiger partial charge in [0.25, 0.3) is 0 Å². The van der Waals surface area contributed by atoms with Crippen LogP contribution in [0.2, 0.25) is 0 Å². The molecule has 1 rings (SSSR count). The number of rotatable bonds is 5. The number of ketones is 1. The second-order valence-corrected chi connectivity index (χ2v) is 4.09. The molecular weight excluding hydrogens is 256 g/mol. The van der Waals surface area contributed by atoms with Crippen molar-refractivity contribution in [1.29, 1.82) is 0 Å². The first-order valence-corrected chi connectivity index (χ1v) is 5.94. The van der Waals surface area contributed by atoms with Gasteiger partial charge in [-0.05, 0) is 31.5 Å². The van der Waals surface area contributed by atoms with E-state index in [0.29, 0.717) is 16.9 Å². The average Bonchev–Trinajstić information content (AvgIpc) is 2.37. The van der Waals surface area contributed by atoms with Crippen molar-refractivity contribution in [3.63, 3.8) is 0 Å². The van der Waals surface area contributed by atoms with Crippen LogP contribution in [0.4, 0.5) is 0 Å². The number of ether oxygens (including phenoxy) is 2. The van der Waals surface area contributed by atoms with Crippen LogP contribution in [0.25, 0.3) is 0 Å². The largest absolute Gasteiger partial charge is 0.496 e. The maximum Gasteiger partial charge on any atom is 0.341 e. The number of Topliss-reactive ketones (excluding diaryl/α,β-unsaturated/α-hetero) is 1. The van der Waals surface area contributed by atoms with Crippen molar-refractivity contribution >= 4 is 23.4 Å². The number of hydrogen-bond donors (Lipinski definition) is 0. The Bertz CT molecular complexity index is 456. The molecule has 1 aromatic rings. The van der Waals surface area contributed by atoms with E-state index in [0.717, 1.165) is 0 Å². The third-order valence-corrected chi connectivity index (χ3v) is 2.93. The van der Waals surface area contributed by atoms with E-state index < -0.39 is 11.3 Å². The third kappa shape index (κ3) is 3.23. The Balaban J connectivity index is 3.11. The van der Waals surface area contributed by atoms with Gasteiger partial charge in [-0.3, -0.25) is 4.79 Å². The highest BCUT2D eigenvalue weighted by Crippen LogP contribution is 2.28. The molecule has 0 amide bonds. The summed E-state index contributed by atoms with van der Waals surface area (Å²) in [6.45, 7) is 3.42. The van der Waals surface area contributed by atoms with Crippen LogP contribution in [0.5, 0.6) is 5.75 Å². The smallest absolute Gasteiger partial charge is 0.341 e. The summed E-state index contributed by atoms with van der Waals surface area (Å²) in [4.78, 5) is 22.8. The van der Waals surface area contributed by atoms with E-state index in [-0.39, 0.29) is 12.4 Å². The summed E-state index contributed by atoms with van der Waals surface area (Å²) in [5.74, 6) is -0.282. The summed E-state index contributed by atoms with van der Waals surface area (Å²) in [7, 11) is 1.44. The highest BCUT2D eigenvalue weighted by atomic mass is 35.5. The lowest BCUT2D eigenvalue weighted by Crippen LogP contribution is -2.08. The van der Waals surface area contributed by atoms with E-state index >= 15 is 0 Å². The predicted molar refractivity (Wildman–Crippen MR) is 68.2 cm³/mol. The molecule has 0 fully saturated rings. The van der Waals surface area contributed by atoms with Crippen LogP contribution in [-0.4, -0.2) is 25.5 Å². The van der Waals surface area contributed by atoms with Crippen molar-refractivity contribution in [3.8, 4) is 5.75 Å². The summed E-state index contributed by atoms with van der Waals surface area (Å²) in [5, 5.41) is -0.741. The molecular formula is C13H15ClO4. The predicted octanol–water partition coefficient (Wildman–Crippen LogP) is 2.74. The summed E-state index contributed by atoms with van der Waals surface area (Å²) in [6, 6.07) is 4.74. The van der Waals surface area contributed by atoms with Gasteiger partial charge in [-0.25, -0.2) is 4.79 Å². The topological polar surface area (TPSA) is 52.6 Å². The molecule has 1 atom stereocenters. The van der Waals surface area contributed by atoms with Crippen molar-refractivity contribution in [2.24, 2.45) is 0 Å². The zero-order valence-corrected chi connectivity index (χ0v) is 11.3. The molecule has 0 saturated carbocycles. The van der Waals surface area contributed by atoms with Crippen LogP contribution >= 0.6 is 11.6 Å². The van der Waals surface area contributed by atoms with Gasteiger partial charge in [0.15, 0.2) is 5.78 Å². The number of carbonyl (C=O) groups is 2. The highest BCUT2D eigenvalue weighted by molar-refractivity contribution is 6.30. The molecule has 0 spiro atoms. The molecule has 0 N–H and O–H groups in total. The highest BCUT2D eigenvalue weighted by Gasteiger charge is 2.18. The lowest BCUT2D eigenvalue weighted by molar-refractivity contribution is -0.116. The summed E-state index contributed by atoms with van der Waals surface area (Å²) < 4.78 is 10.0. The fraction of sp³-hybridized carbons (Fsp3) is 0.385. The minimum atomic E-state index is -0.741. The van der Waals surface area contributed by atoms with Crippen LogP contribution in [0, 0.1) is 0 Å². The monoisotopic (exact) mass is 270 g/mol. The van der Waals surface area contributed by atoms with Gasteiger partial charge in [-0.2, -0.15) is 0 Å². The van der Waals surface area contributed by atoms with Crippen molar-refractivity contribution in [2.45, 2.75) is 19.2 Å². The Morgan fingerprint density at radius 1 is 1.39 bits per heavy atom. The SMILES string of the molecule is CCOC(=O)c1ccc(C(Cl)C(C)=O)cc1OC. The van der Waals surface area contributed by atoms with Crippen LogP contribution in [0.3, 0.4) is 0 Å². The Hall–Kier alpha value is -1.55. The van der Waals surface area contributed by atoms with Crippen molar-refractivity contribution in [1.82, 2.24) is 0 Å². The van der Waals surface area contributed by atoms with Gasteiger partial charge in [0.2, 0.25) is 0 Å². The first-order valence-electron chi connectivity index (χ1n) is 5.50. The molecule has 0 radical (unpaired) electrons. The van der Waals surface area contributed by atoms with Gasteiger partial charge >= 0.3 is 5.97 Å². The Kier molecular flexibility index (Phi) is 5.16. The van der Waals surface area contributed by atoms with Gasteiger partial charge < -0.3 is 9.47 Å². The molecule has 18 heavy (non-hydrogen) atoms. The number of esters is 1. The lowest BCUT2D eigenvalue weighted by atomic mass is 10.1. The van der Waals surface area contributed by atoms with E-state index in [1.807, 2.05) is 0 Å². The van der Waals surface area contributed by atoms with Crippen LogP contribution in [0.1, 0.15) is 35.1 Å². The zero-order chi connectivity index (χ0) is 13.7. The number of halogens is 1. The van der Waals surface area contributed by atoms with E-state index in [2.05, 4.69) is 0 Å². The minimum Gasteiger partial charge on any atom is -0.496 e. The Morgan fingerprint density at radius 3 is 2.56 bits per heavy atom. The van der Waals surface area contributed by atoms with Gasteiger partial charge in [0.1, 0.15) is 16.7 Å². The molecule has 98 valence electrons. The number of methoxy groups -OCH3 is 1. The second-order valence-electron chi connectivity index (χ2n) is 3.65. The van der Waals surface area contributed by atoms with E-state index in [1.54, 1.807) is 25.1 Å². The molecule has 5 heteroatoms. The standard InChI is InChI=1S/C13H15ClO4/c1-4-18-13(16)10-6-5-9(7-11(10)17-3)12(14)8(2)15/h5-7,12H,4H2,1-3H3. The Labute approximate surface area is 111 Å². The maximum atomic E-state index is 11.6. The third-order valence-electron chi connectivity index (χ3n) is 2.37. The Morgan fingerprint density at radius 2 is 2.06 bits per heavy atom. The molecule has 1 aromatic carbocycles. The molecule has 0 aromatic heterocycles. The molecule has 0 aliphatic carbocycles. The van der Waals surface area contributed by atoms with Gasteiger partial charge in [-0.15, -0.1) is 11.6 Å². The first kappa shape index (κ1) is 14.5. The summed E-state index contributed by atoms with van der Waals surface area (Å²) in [6.07, 6.45) is 0. The van der Waals surface area contributed by atoms with Gasteiger partial charge in [-0.1, -0.05) is 6.07 Å². The average molecular weight is 271 g/mol. The number of hydrogen-bond acceptors (Lipinski definition) is 4. The molecule has 0 aliphatic heterocycles. The lowest BCUT2D eigenvalue weighted by Gasteiger charge is -2.11. The van der Waals surface area contributed by atoms with Crippen molar-refractivity contribution in [3.05, 3.63) is 29.3 Å². The fourth-order valence-corrected chi connectivity index (χ4v) is 1.61. The second kappa shape index (κ2) is 6.40. The molecule has 1 unspecified atom stereocenters. The van der Waals surface area contributed by atoms with E-state index in [9.17, 15) is 9.59 Å². The summed E-state index contributed by atoms with van der Waals surface area (Å²) >= 11 is 5.94. The molecule has 0 aliphatic rings. The van der Waals surface area contributed by atoms with Gasteiger partial charge in [0, 0.05) is 0 Å². The van der Waals surface area contributed by atoms with Crippen molar-refractivity contribution in [2.75, 3.05) is 13.7 Å². The molecule has 0 bridgehead atoms. The molecule has 0 heterocycles. The van der Waals surface area contributed by atoms with Crippen LogP contribution < -0.4 is 4.74 Å². The quantitative estimate of drug-likeness (QED) is 0.610. The van der Waals surface area contributed by atoms with Crippen molar-refractivity contribution < 1.29 is 19.1 Å². The fourth-order valence-electron chi connectivity index (χ4n) is 1.48. The zero-order valence-electron chi connectivity index (χ0n) is 10.5. The first-order chi connectivity index (χ1) is 8.51. The van der Waals surface area contributed by atoms with Crippen LogP contribution in [0.15, 0.2) is 18.2 Å². The van der Waals surface area contributed by atoms with Gasteiger partial charge in [0.05, 0.1) is 13.7 Å². The minimum absolute atomic E-state index is 0.164. The summed E-state index contributed by atoms with van der Waals surface area (Å²) in [5.41, 5.74) is 0.907. The van der Waals surface area contributed by atoms with E-state index in [4.69, 9.17) is 21.1 Å². The van der Waals surface area contributed by atoms with E-state index in [1.165, 1.54) is 14.0 Å². The normalized spacial score (nSPS) is 11.8. The molecule has 0 saturated heterocycles. The number of benzene rings is 1.